The van der Waals surface area contributed by atoms with Crippen LogP contribution < -0.4 is 5.73 Å². The minimum absolute atomic E-state index is 0.0115. The molecule has 0 aromatic carbocycles. The van der Waals surface area contributed by atoms with Crippen molar-refractivity contribution in [2.45, 2.75) is 59.9 Å². The quantitative estimate of drug-likeness (QED) is 0.433. The maximum atomic E-state index is 12.6. The van der Waals surface area contributed by atoms with Crippen molar-refractivity contribution >= 4 is 23.6 Å². The van der Waals surface area contributed by atoms with Gasteiger partial charge >= 0.3 is 0 Å². The highest BCUT2D eigenvalue weighted by Gasteiger charge is 2.26. The van der Waals surface area contributed by atoms with Crippen LogP contribution in [-0.2, 0) is 9.59 Å². The summed E-state index contributed by atoms with van der Waals surface area (Å²) in [6.45, 7) is 14.1. The van der Waals surface area contributed by atoms with E-state index in [0.717, 1.165) is 17.7 Å². The fraction of sp³-hybridized carbons (Fsp3) is 0.619. The van der Waals surface area contributed by atoms with Gasteiger partial charge in [0.1, 0.15) is 0 Å². The number of primary amides is 1. The molecule has 0 saturated carbocycles. The largest absolute Gasteiger partial charge is 0.366 e. The second-order valence-corrected chi connectivity index (χ2v) is 8.17. The molecule has 0 saturated heterocycles. The molecular weight excluding hydrogens is 344 g/mol. The van der Waals surface area contributed by atoms with Gasteiger partial charge in [-0.05, 0) is 41.9 Å². The molecule has 0 spiro atoms. The Labute approximate surface area is 163 Å². The number of rotatable bonds is 11. The topological polar surface area (TPSA) is 63.4 Å². The maximum absolute atomic E-state index is 12.6. The van der Waals surface area contributed by atoms with E-state index in [-0.39, 0.29) is 23.8 Å². The number of nitrogens with zero attached hydrogens (tertiary/aromatic N) is 1. The Bertz CT molecular complexity index is 575. The van der Waals surface area contributed by atoms with Crippen molar-refractivity contribution in [2.24, 2.45) is 23.5 Å². The van der Waals surface area contributed by atoms with Crippen molar-refractivity contribution in [3.05, 3.63) is 22.5 Å². The summed E-state index contributed by atoms with van der Waals surface area (Å²) >= 11 is 1.43. The molecule has 0 bridgehead atoms. The summed E-state index contributed by atoms with van der Waals surface area (Å²) in [5.74, 6) is 2.85. The van der Waals surface area contributed by atoms with Crippen LogP contribution in [0.3, 0.4) is 0 Å². The molecule has 5 heteroatoms. The van der Waals surface area contributed by atoms with E-state index in [2.05, 4.69) is 33.3 Å². The minimum Gasteiger partial charge on any atom is -0.366 e. The number of allylic oxidation sites excluding steroid dienone is 1. The molecule has 4 nitrogen and oxygen atoms in total. The molecule has 2 N–H and O–H groups in total. The van der Waals surface area contributed by atoms with E-state index in [4.69, 9.17) is 12.2 Å². The first-order valence-corrected chi connectivity index (χ1v) is 9.96. The number of nitrogens with two attached hydrogens (primary N) is 1. The summed E-state index contributed by atoms with van der Waals surface area (Å²) in [4.78, 5) is 26.5. The Hall–Kier alpha value is -1.67. The van der Waals surface area contributed by atoms with Crippen LogP contribution in [0.15, 0.2) is 22.5 Å². The van der Waals surface area contributed by atoms with Crippen LogP contribution in [-0.4, -0.2) is 29.8 Å². The van der Waals surface area contributed by atoms with E-state index in [1.807, 2.05) is 18.9 Å². The fourth-order valence-electron chi connectivity index (χ4n) is 2.57. The normalized spacial score (nSPS) is 15.1. The van der Waals surface area contributed by atoms with E-state index in [9.17, 15) is 9.59 Å². The van der Waals surface area contributed by atoms with Gasteiger partial charge in [-0.3, -0.25) is 9.59 Å². The molecule has 0 unspecified atom stereocenters. The summed E-state index contributed by atoms with van der Waals surface area (Å²) in [6.07, 6.45) is 7.49. The summed E-state index contributed by atoms with van der Waals surface area (Å²) in [5.41, 5.74) is 5.76. The Morgan fingerprint density at radius 3 is 2.35 bits per heavy atom. The average molecular weight is 379 g/mol. The van der Waals surface area contributed by atoms with E-state index in [1.54, 1.807) is 12.3 Å². The van der Waals surface area contributed by atoms with Gasteiger partial charge in [0.05, 0.1) is 0 Å². The number of carbonyl (C=O) groups is 2. The first kappa shape index (κ1) is 24.3. The lowest BCUT2D eigenvalue weighted by atomic mass is 9.91. The van der Waals surface area contributed by atoms with Gasteiger partial charge in [0, 0.05) is 31.0 Å². The van der Waals surface area contributed by atoms with Crippen LogP contribution in [0.1, 0.15) is 53.9 Å². The van der Waals surface area contributed by atoms with Crippen molar-refractivity contribution in [1.82, 2.24) is 4.90 Å². The molecule has 0 aliphatic carbocycles. The van der Waals surface area contributed by atoms with Gasteiger partial charge in [0.25, 0.3) is 0 Å². The first-order chi connectivity index (χ1) is 12.0. The van der Waals surface area contributed by atoms with Crippen LogP contribution in [0.5, 0.6) is 0 Å². The Kier molecular flexibility index (Phi) is 11.1. The fourth-order valence-corrected chi connectivity index (χ4v) is 3.34. The summed E-state index contributed by atoms with van der Waals surface area (Å²) in [5, 5.41) is 1.74. The molecule has 0 aliphatic rings. The molecule has 0 rings (SSSR count). The molecule has 0 aromatic rings. The van der Waals surface area contributed by atoms with Crippen molar-refractivity contribution < 1.29 is 9.59 Å². The lowest BCUT2D eigenvalue weighted by molar-refractivity contribution is -0.133. The molecule has 146 valence electrons. The number of thioether (sulfide) groups is 1. The van der Waals surface area contributed by atoms with Gasteiger partial charge in [0.15, 0.2) is 0 Å². The van der Waals surface area contributed by atoms with E-state index in [1.165, 1.54) is 11.8 Å². The van der Waals surface area contributed by atoms with Crippen LogP contribution in [0, 0.1) is 30.1 Å². The zero-order valence-electron chi connectivity index (χ0n) is 17.0. The Morgan fingerprint density at radius 2 is 1.92 bits per heavy atom. The van der Waals surface area contributed by atoms with Gasteiger partial charge in [-0.25, -0.2) is 0 Å². The molecule has 2 amide bonds. The van der Waals surface area contributed by atoms with E-state index in [0.29, 0.717) is 17.9 Å². The van der Waals surface area contributed by atoms with Crippen molar-refractivity contribution in [3.63, 3.8) is 0 Å². The smallest absolute Gasteiger partial charge is 0.244 e. The van der Waals surface area contributed by atoms with Crippen molar-refractivity contribution in [2.75, 3.05) is 7.05 Å². The number of hydrogen-bond donors (Lipinski definition) is 1. The molecular formula is C21H34N2O2S. The SMILES string of the molecule is C#C[C@@H](CC)CC(=O)N(C)[C@H](C[C@@H](C)C(=C)S/C=C(\C)C(N)=O)C(C)C. The zero-order valence-corrected chi connectivity index (χ0v) is 17.9. The highest BCUT2D eigenvalue weighted by Crippen LogP contribution is 2.30. The molecule has 0 aliphatic heterocycles. The van der Waals surface area contributed by atoms with Crippen LogP contribution >= 0.6 is 11.8 Å². The summed E-state index contributed by atoms with van der Waals surface area (Å²) < 4.78 is 0. The third kappa shape index (κ3) is 8.14. The number of hydrogen-bond acceptors (Lipinski definition) is 3. The molecule has 0 aromatic heterocycles. The highest BCUT2D eigenvalue weighted by atomic mass is 32.2. The molecule has 26 heavy (non-hydrogen) atoms. The number of amides is 2. The predicted octanol–water partition coefficient (Wildman–Crippen LogP) is 4.18. The van der Waals surface area contributed by atoms with Gasteiger partial charge in [-0.15, -0.1) is 24.1 Å². The van der Waals surface area contributed by atoms with Crippen molar-refractivity contribution in [1.29, 1.82) is 0 Å². The third-order valence-electron chi connectivity index (χ3n) is 4.73. The third-order valence-corrected chi connectivity index (χ3v) is 5.91. The average Bonchev–Trinajstić information content (AvgIpc) is 2.59. The van der Waals surface area contributed by atoms with E-state index < -0.39 is 5.91 Å². The van der Waals surface area contributed by atoms with Crippen molar-refractivity contribution in [3.8, 4) is 12.3 Å². The first-order valence-electron chi connectivity index (χ1n) is 9.08. The molecule has 0 radical (unpaired) electrons. The summed E-state index contributed by atoms with van der Waals surface area (Å²) in [7, 11) is 1.86. The second-order valence-electron chi connectivity index (χ2n) is 7.18. The Balaban J connectivity index is 4.97. The highest BCUT2D eigenvalue weighted by molar-refractivity contribution is 8.05. The monoisotopic (exact) mass is 378 g/mol. The lowest BCUT2D eigenvalue weighted by Gasteiger charge is -2.34. The maximum Gasteiger partial charge on any atom is 0.244 e. The predicted molar refractivity (Wildman–Crippen MR) is 112 cm³/mol. The van der Waals surface area contributed by atoms with Crippen LogP contribution in [0.4, 0.5) is 0 Å². The molecule has 0 heterocycles. The second kappa shape index (κ2) is 11.9. The van der Waals surface area contributed by atoms with E-state index >= 15 is 0 Å². The lowest BCUT2D eigenvalue weighted by Crippen LogP contribution is -2.42. The van der Waals surface area contributed by atoms with Gasteiger partial charge < -0.3 is 10.6 Å². The van der Waals surface area contributed by atoms with Gasteiger partial charge in [-0.2, -0.15) is 0 Å². The van der Waals surface area contributed by atoms with Crippen LogP contribution in [0.2, 0.25) is 0 Å². The minimum atomic E-state index is -0.428. The Morgan fingerprint density at radius 1 is 1.35 bits per heavy atom. The number of terminal acetylenes is 1. The zero-order chi connectivity index (χ0) is 20.4. The molecule has 0 fully saturated rings. The number of carbonyl (C=O) groups excluding carboxylic acids is 2. The van der Waals surface area contributed by atoms with Crippen LogP contribution in [0.25, 0.3) is 0 Å². The van der Waals surface area contributed by atoms with Gasteiger partial charge in [0.2, 0.25) is 11.8 Å². The van der Waals surface area contributed by atoms with Gasteiger partial charge in [-0.1, -0.05) is 34.3 Å². The standard InChI is InChI=1S/C21H34N2O2S/c1-9-18(10-2)12-20(24)23(8)19(14(3)4)11-15(5)17(7)26-13-16(6)21(22)25/h1,13-15,18-19H,7,10-12H2,2-6,8H3,(H2,22,25)/b16-13+/t15-,18+,19-/m1/s1. The molecule has 3 atom stereocenters. The summed E-state index contributed by atoms with van der Waals surface area (Å²) in [6, 6.07) is 0.103.